The van der Waals surface area contributed by atoms with Crippen LogP contribution in [0.4, 0.5) is 5.82 Å². The molecule has 1 N–H and O–H groups in total. The van der Waals surface area contributed by atoms with Crippen LogP contribution in [0.1, 0.15) is 32.8 Å². The zero-order valence-electron chi connectivity index (χ0n) is 10.7. The number of hydrogen-bond donors (Lipinski definition) is 1. The van der Waals surface area contributed by atoms with E-state index in [1.165, 1.54) is 5.56 Å². The lowest BCUT2D eigenvalue weighted by atomic mass is 9.88. The van der Waals surface area contributed by atoms with Crippen LogP contribution < -0.4 is 5.32 Å². The van der Waals surface area contributed by atoms with Crippen molar-refractivity contribution in [3.8, 4) is 0 Å². The van der Waals surface area contributed by atoms with Crippen molar-refractivity contribution in [1.29, 1.82) is 0 Å². The van der Waals surface area contributed by atoms with Gasteiger partial charge in [0.1, 0.15) is 5.82 Å². The predicted octanol–water partition coefficient (Wildman–Crippen LogP) is 2.83. The number of hydrogen-bond acceptors (Lipinski definition) is 3. The van der Waals surface area contributed by atoms with Gasteiger partial charge in [-0.3, -0.25) is 0 Å². The number of rotatable bonds is 5. The van der Waals surface area contributed by atoms with Gasteiger partial charge in [0.05, 0.1) is 0 Å². The number of aromatic nitrogens is 1. The van der Waals surface area contributed by atoms with E-state index in [1.807, 2.05) is 12.3 Å². The average molecular weight is 222 g/mol. The summed E-state index contributed by atoms with van der Waals surface area (Å²) in [7, 11) is 1.72. The summed E-state index contributed by atoms with van der Waals surface area (Å²) in [4.78, 5) is 4.39. The average Bonchev–Trinajstić information content (AvgIpc) is 2.24. The molecule has 3 heteroatoms. The molecule has 0 aliphatic rings. The topological polar surface area (TPSA) is 34.1 Å². The lowest BCUT2D eigenvalue weighted by Gasteiger charge is -2.18. The molecule has 0 saturated heterocycles. The number of ether oxygens (including phenoxy) is 1. The first-order valence-corrected chi connectivity index (χ1v) is 5.73. The molecule has 0 saturated carbocycles. The van der Waals surface area contributed by atoms with E-state index in [0.29, 0.717) is 0 Å². The van der Waals surface area contributed by atoms with Crippen molar-refractivity contribution in [3.63, 3.8) is 0 Å². The van der Waals surface area contributed by atoms with Crippen LogP contribution in [0, 0.1) is 0 Å². The quantitative estimate of drug-likeness (QED) is 0.778. The Kier molecular flexibility index (Phi) is 4.74. The minimum absolute atomic E-state index is 0.168. The van der Waals surface area contributed by atoms with Gasteiger partial charge in [-0.2, -0.15) is 0 Å². The van der Waals surface area contributed by atoms with Crippen LogP contribution in [0.25, 0.3) is 0 Å². The van der Waals surface area contributed by atoms with Crippen LogP contribution in [-0.2, 0) is 10.2 Å². The molecule has 1 aromatic rings. The van der Waals surface area contributed by atoms with Crippen molar-refractivity contribution in [2.24, 2.45) is 0 Å². The molecule has 16 heavy (non-hydrogen) atoms. The maximum atomic E-state index is 4.98. The van der Waals surface area contributed by atoms with Crippen molar-refractivity contribution in [2.45, 2.75) is 32.6 Å². The predicted molar refractivity (Wildman–Crippen MR) is 67.9 cm³/mol. The molecule has 0 unspecified atom stereocenters. The second-order valence-corrected chi connectivity index (χ2v) is 4.96. The molecular formula is C13H22N2O. The Balaban J connectivity index is 2.46. The molecule has 0 bridgehead atoms. The lowest BCUT2D eigenvalue weighted by molar-refractivity contribution is 0.198. The molecule has 0 amide bonds. The van der Waals surface area contributed by atoms with E-state index in [4.69, 9.17) is 4.74 Å². The van der Waals surface area contributed by atoms with E-state index in [1.54, 1.807) is 7.11 Å². The van der Waals surface area contributed by atoms with E-state index in [9.17, 15) is 0 Å². The summed E-state index contributed by atoms with van der Waals surface area (Å²) in [6.45, 7) is 8.25. The van der Waals surface area contributed by atoms with Crippen LogP contribution in [0.3, 0.4) is 0 Å². The smallest absolute Gasteiger partial charge is 0.125 e. The molecule has 90 valence electrons. The molecular weight excluding hydrogens is 200 g/mol. The van der Waals surface area contributed by atoms with Gasteiger partial charge in [-0.05, 0) is 23.5 Å². The van der Waals surface area contributed by atoms with Gasteiger partial charge in [0.2, 0.25) is 0 Å². The number of methoxy groups -OCH3 is 1. The second-order valence-electron chi connectivity index (χ2n) is 4.96. The minimum atomic E-state index is 0.168. The van der Waals surface area contributed by atoms with Gasteiger partial charge in [-0.15, -0.1) is 0 Å². The maximum Gasteiger partial charge on any atom is 0.125 e. The van der Waals surface area contributed by atoms with Gasteiger partial charge in [-0.25, -0.2) is 4.98 Å². The SMILES string of the molecule is COCCCNc1ccc(C(C)(C)C)cn1. The Morgan fingerprint density at radius 1 is 1.31 bits per heavy atom. The normalized spacial score (nSPS) is 11.5. The largest absolute Gasteiger partial charge is 0.385 e. The molecule has 0 aliphatic carbocycles. The summed E-state index contributed by atoms with van der Waals surface area (Å²) in [5.74, 6) is 0.934. The van der Waals surface area contributed by atoms with Crippen LogP contribution in [-0.4, -0.2) is 25.2 Å². The summed E-state index contributed by atoms with van der Waals surface area (Å²) in [6.07, 6.45) is 2.94. The number of anilines is 1. The van der Waals surface area contributed by atoms with Crippen LogP contribution in [0.5, 0.6) is 0 Å². The number of pyridine rings is 1. The molecule has 1 aromatic heterocycles. The molecule has 1 heterocycles. The highest BCUT2D eigenvalue weighted by atomic mass is 16.5. The minimum Gasteiger partial charge on any atom is -0.385 e. The maximum absolute atomic E-state index is 4.98. The second kappa shape index (κ2) is 5.85. The number of nitrogens with zero attached hydrogens (tertiary/aromatic N) is 1. The third-order valence-corrected chi connectivity index (χ3v) is 2.46. The Hall–Kier alpha value is -1.09. The molecule has 0 fully saturated rings. The van der Waals surface area contributed by atoms with Gasteiger partial charge in [0.25, 0.3) is 0 Å². The molecule has 0 aromatic carbocycles. The van der Waals surface area contributed by atoms with Crippen LogP contribution in [0.2, 0.25) is 0 Å². The molecule has 0 aliphatic heterocycles. The van der Waals surface area contributed by atoms with Gasteiger partial charge < -0.3 is 10.1 Å². The lowest BCUT2D eigenvalue weighted by Crippen LogP contribution is -2.12. The van der Waals surface area contributed by atoms with Gasteiger partial charge in [0.15, 0.2) is 0 Å². The first kappa shape index (κ1) is 13.0. The van der Waals surface area contributed by atoms with Crippen molar-refractivity contribution in [3.05, 3.63) is 23.9 Å². The van der Waals surface area contributed by atoms with Crippen molar-refractivity contribution in [2.75, 3.05) is 25.6 Å². The third kappa shape index (κ3) is 4.19. The molecule has 0 radical (unpaired) electrons. The fourth-order valence-electron chi connectivity index (χ4n) is 1.38. The molecule has 3 nitrogen and oxygen atoms in total. The first-order valence-electron chi connectivity index (χ1n) is 5.73. The fraction of sp³-hybridized carbons (Fsp3) is 0.615. The Morgan fingerprint density at radius 2 is 2.06 bits per heavy atom. The summed E-state index contributed by atoms with van der Waals surface area (Å²) in [6, 6.07) is 4.17. The van der Waals surface area contributed by atoms with E-state index < -0.39 is 0 Å². The molecule has 0 spiro atoms. The van der Waals surface area contributed by atoms with Crippen molar-refractivity contribution < 1.29 is 4.74 Å². The first-order chi connectivity index (χ1) is 7.54. The van der Waals surface area contributed by atoms with Gasteiger partial charge in [0, 0.05) is 26.5 Å². The van der Waals surface area contributed by atoms with Crippen LogP contribution in [0.15, 0.2) is 18.3 Å². The van der Waals surface area contributed by atoms with E-state index >= 15 is 0 Å². The van der Waals surface area contributed by atoms with Gasteiger partial charge >= 0.3 is 0 Å². The summed E-state index contributed by atoms with van der Waals surface area (Å²) >= 11 is 0. The third-order valence-electron chi connectivity index (χ3n) is 2.46. The van der Waals surface area contributed by atoms with Gasteiger partial charge in [-0.1, -0.05) is 26.8 Å². The van der Waals surface area contributed by atoms with Crippen molar-refractivity contribution >= 4 is 5.82 Å². The molecule has 0 atom stereocenters. The van der Waals surface area contributed by atoms with Crippen molar-refractivity contribution in [1.82, 2.24) is 4.98 Å². The highest BCUT2D eigenvalue weighted by Crippen LogP contribution is 2.21. The summed E-state index contributed by atoms with van der Waals surface area (Å²) in [5, 5.41) is 3.27. The summed E-state index contributed by atoms with van der Waals surface area (Å²) < 4.78 is 4.98. The van der Waals surface area contributed by atoms with E-state index in [-0.39, 0.29) is 5.41 Å². The summed E-state index contributed by atoms with van der Waals surface area (Å²) in [5.41, 5.74) is 1.43. The van der Waals surface area contributed by atoms with Crippen LogP contribution >= 0.6 is 0 Å². The van der Waals surface area contributed by atoms with E-state index in [2.05, 4.69) is 37.1 Å². The Bertz CT molecular complexity index is 301. The zero-order chi connectivity index (χ0) is 12.0. The Labute approximate surface area is 98.2 Å². The Morgan fingerprint density at radius 3 is 2.56 bits per heavy atom. The van der Waals surface area contributed by atoms with E-state index in [0.717, 1.165) is 25.4 Å². The molecule has 1 rings (SSSR count). The standard InChI is InChI=1S/C13H22N2O/c1-13(2,3)11-6-7-12(15-10-11)14-8-5-9-16-4/h6-7,10H,5,8-9H2,1-4H3,(H,14,15). The monoisotopic (exact) mass is 222 g/mol. The highest BCUT2D eigenvalue weighted by molar-refractivity contribution is 5.36. The highest BCUT2D eigenvalue weighted by Gasteiger charge is 2.13. The fourth-order valence-corrected chi connectivity index (χ4v) is 1.38. The number of nitrogens with one attached hydrogen (secondary N) is 1. The zero-order valence-corrected chi connectivity index (χ0v) is 10.7.